The van der Waals surface area contributed by atoms with Gasteiger partial charge in [-0.15, -0.1) is 0 Å². The summed E-state index contributed by atoms with van der Waals surface area (Å²) in [4.78, 5) is 12.3. The van der Waals surface area contributed by atoms with Gasteiger partial charge in [0, 0.05) is 0 Å². The van der Waals surface area contributed by atoms with Crippen molar-refractivity contribution in [3.05, 3.63) is 53.6 Å². The van der Waals surface area contributed by atoms with Crippen LogP contribution in [0.4, 0.5) is 5.69 Å². The Bertz CT molecular complexity index is 928. The fourth-order valence-electron chi connectivity index (χ4n) is 2.74. The summed E-state index contributed by atoms with van der Waals surface area (Å²) < 4.78 is 36.3. The lowest BCUT2D eigenvalue weighted by molar-refractivity contribution is -0.119. The minimum Gasteiger partial charge on any atom is -0.493 e. The highest BCUT2D eigenvalue weighted by Crippen LogP contribution is 2.25. The van der Waals surface area contributed by atoms with E-state index in [-0.39, 0.29) is 19.7 Å². The number of sulfonamides is 1. The summed E-state index contributed by atoms with van der Waals surface area (Å²) in [6, 6.07) is 12.6. The largest absolute Gasteiger partial charge is 0.493 e. The van der Waals surface area contributed by atoms with Gasteiger partial charge in [0.1, 0.15) is 13.2 Å². The smallest absolute Gasteiger partial charge is 0.240 e. The molecule has 0 spiro atoms. The van der Waals surface area contributed by atoms with Crippen LogP contribution in [-0.4, -0.2) is 47.4 Å². The summed E-state index contributed by atoms with van der Waals surface area (Å²) in [6.07, 6.45) is 1.09. The molecule has 0 unspecified atom stereocenters. The predicted molar refractivity (Wildman–Crippen MR) is 110 cm³/mol. The summed E-state index contributed by atoms with van der Waals surface area (Å²) in [5.74, 6) is 0.772. The SMILES string of the molecule is COc1ccccc1OCCNC(=O)CN(c1ccc(C)cc1C)S(C)(=O)=O. The highest BCUT2D eigenvalue weighted by molar-refractivity contribution is 7.92. The van der Waals surface area contributed by atoms with Gasteiger partial charge in [0.25, 0.3) is 0 Å². The highest BCUT2D eigenvalue weighted by atomic mass is 32.2. The van der Waals surface area contributed by atoms with E-state index in [1.807, 2.05) is 38.1 Å². The summed E-state index contributed by atoms with van der Waals surface area (Å²) in [5.41, 5.74) is 2.30. The normalized spacial score (nSPS) is 11.0. The van der Waals surface area contributed by atoms with Crippen molar-refractivity contribution < 1.29 is 22.7 Å². The zero-order valence-corrected chi connectivity index (χ0v) is 17.4. The topological polar surface area (TPSA) is 84.9 Å². The molecule has 0 atom stereocenters. The fourth-order valence-corrected chi connectivity index (χ4v) is 3.66. The number of para-hydroxylation sites is 2. The summed E-state index contributed by atoms with van der Waals surface area (Å²) in [5, 5.41) is 2.68. The number of hydrogen-bond donors (Lipinski definition) is 1. The zero-order valence-electron chi connectivity index (χ0n) is 16.6. The third kappa shape index (κ3) is 5.88. The van der Waals surface area contributed by atoms with Gasteiger partial charge in [-0.2, -0.15) is 0 Å². The quantitative estimate of drug-likeness (QED) is 0.646. The molecule has 2 aromatic rings. The van der Waals surface area contributed by atoms with Crippen molar-refractivity contribution in [1.29, 1.82) is 0 Å². The van der Waals surface area contributed by atoms with E-state index in [2.05, 4.69) is 5.32 Å². The van der Waals surface area contributed by atoms with E-state index in [1.54, 1.807) is 25.3 Å². The minimum absolute atomic E-state index is 0.231. The molecule has 7 nitrogen and oxygen atoms in total. The van der Waals surface area contributed by atoms with E-state index < -0.39 is 15.9 Å². The van der Waals surface area contributed by atoms with Gasteiger partial charge < -0.3 is 14.8 Å². The van der Waals surface area contributed by atoms with E-state index in [0.717, 1.165) is 21.7 Å². The Morgan fingerprint density at radius 2 is 1.79 bits per heavy atom. The van der Waals surface area contributed by atoms with Gasteiger partial charge in [0.05, 0.1) is 25.6 Å². The number of benzene rings is 2. The first kappa shape index (κ1) is 21.6. The van der Waals surface area contributed by atoms with Crippen molar-refractivity contribution in [1.82, 2.24) is 5.32 Å². The van der Waals surface area contributed by atoms with E-state index in [1.165, 1.54) is 0 Å². The molecule has 1 amide bonds. The van der Waals surface area contributed by atoms with E-state index in [0.29, 0.717) is 17.2 Å². The summed E-state index contributed by atoms with van der Waals surface area (Å²) >= 11 is 0. The monoisotopic (exact) mass is 406 g/mol. The fraction of sp³-hybridized carbons (Fsp3) is 0.350. The van der Waals surface area contributed by atoms with Gasteiger partial charge in [0.15, 0.2) is 11.5 Å². The van der Waals surface area contributed by atoms with Gasteiger partial charge >= 0.3 is 0 Å². The van der Waals surface area contributed by atoms with Crippen LogP contribution in [-0.2, 0) is 14.8 Å². The molecule has 0 aliphatic heterocycles. The number of amides is 1. The van der Waals surface area contributed by atoms with Crippen LogP contribution in [0.1, 0.15) is 11.1 Å². The maximum Gasteiger partial charge on any atom is 0.240 e. The van der Waals surface area contributed by atoms with E-state index in [4.69, 9.17) is 9.47 Å². The first-order chi connectivity index (χ1) is 13.2. The molecule has 0 aliphatic carbocycles. The second-order valence-electron chi connectivity index (χ2n) is 6.41. The standard InChI is InChI=1S/C20H26N2O5S/c1-15-9-10-17(16(2)13-15)22(28(4,24)25)14-20(23)21-11-12-27-19-8-6-5-7-18(19)26-3/h5-10,13H,11-12,14H2,1-4H3,(H,21,23). The number of methoxy groups -OCH3 is 1. The Balaban J connectivity index is 1.95. The molecule has 2 rings (SSSR count). The van der Waals surface area contributed by atoms with Gasteiger partial charge in [-0.3, -0.25) is 9.10 Å². The Morgan fingerprint density at radius 3 is 2.39 bits per heavy atom. The second-order valence-corrected chi connectivity index (χ2v) is 8.32. The first-order valence-electron chi connectivity index (χ1n) is 8.80. The minimum atomic E-state index is -3.61. The molecule has 0 aliphatic rings. The number of aryl methyl sites for hydroxylation is 2. The maximum atomic E-state index is 12.3. The Morgan fingerprint density at radius 1 is 1.11 bits per heavy atom. The zero-order chi connectivity index (χ0) is 20.7. The number of rotatable bonds is 9. The van der Waals surface area contributed by atoms with Crippen LogP contribution in [0.25, 0.3) is 0 Å². The molecule has 2 aromatic carbocycles. The molecule has 28 heavy (non-hydrogen) atoms. The van der Waals surface area contributed by atoms with Crippen molar-refractivity contribution in [3.63, 3.8) is 0 Å². The van der Waals surface area contributed by atoms with Crippen molar-refractivity contribution >= 4 is 21.6 Å². The summed E-state index contributed by atoms with van der Waals surface area (Å²) in [7, 11) is -2.05. The van der Waals surface area contributed by atoms with Crippen LogP contribution in [0, 0.1) is 13.8 Å². The van der Waals surface area contributed by atoms with Crippen LogP contribution in [0.15, 0.2) is 42.5 Å². The molecule has 0 saturated heterocycles. The lowest BCUT2D eigenvalue weighted by Crippen LogP contribution is -2.41. The first-order valence-corrected chi connectivity index (χ1v) is 10.6. The molecular weight excluding hydrogens is 380 g/mol. The average molecular weight is 407 g/mol. The number of carbonyl (C=O) groups excluding carboxylic acids is 1. The average Bonchev–Trinajstić information content (AvgIpc) is 2.63. The van der Waals surface area contributed by atoms with Crippen LogP contribution < -0.4 is 19.1 Å². The number of hydrogen-bond acceptors (Lipinski definition) is 5. The molecule has 8 heteroatoms. The van der Waals surface area contributed by atoms with Crippen LogP contribution >= 0.6 is 0 Å². The Labute approximate surface area is 166 Å². The number of nitrogens with one attached hydrogen (secondary N) is 1. The molecule has 0 radical (unpaired) electrons. The third-order valence-corrected chi connectivity index (χ3v) is 5.19. The van der Waals surface area contributed by atoms with Crippen LogP contribution in [0.2, 0.25) is 0 Å². The maximum absolute atomic E-state index is 12.3. The van der Waals surface area contributed by atoms with Crippen LogP contribution in [0.5, 0.6) is 11.5 Å². The molecule has 0 fully saturated rings. The van der Waals surface area contributed by atoms with Crippen molar-refractivity contribution in [2.45, 2.75) is 13.8 Å². The molecular formula is C20H26N2O5S. The van der Waals surface area contributed by atoms with Crippen molar-refractivity contribution in [3.8, 4) is 11.5 Å². The van der Waals surface area contributed by atoms with Gasteiger partial charge in [0.2, 0.25) is 15.9 Å². The Hall–Kier alpha value is -2.74. The van der Waals surface area contributed by atoms with E-state index in [9.17, 15) is 13.2 Å². The third-order valence-electron chi connectivity index (χ3n) is 4.06. The molecule has 0 aromatic heterocycles. The highest BCUT2D eigenvalue weighted by Gasteiger charge is 2.22. The number of anilines is 1. The molecule has 0 bridgehead atoms. The van der Waals surface area contributed by atoms with Gasteiger partial charge in [-0.05, 0) is 37.6 Å². The van der Waals surface area contributed by atoms with Gasteiger partial charge in [-0.25, -0.2) is 8.42 Å². The summed E-state index contributed by atoms with van der Waals surface area (Å²) in [6.45, 7) is 3.92. The lowest BCUT2D eigenvalue weighted by Gasteiger charge is -2.24. The van der Waals surface area contributed by atoms with E-state index >= 15 is 0 Å². The van der Waals surface area contributed by atoms with Crippen molar-refractivity contribution in [2.24, 2.45) is 0 Å². The molecule has 152 valence electrons. The lowest BCUT2D eigenvalue weighted by atomic mass is 10.1. The van der Waals surface area contributed by atoms with Crippen LogP contribution in [0.3, 0.4) is 0 Å². The predicted octanol–water partition coefficient (Wildman–Crippen LogP) is 2.27. The van der Waals surface area contributed by atoms with Gasteiger partial charge in [-0.1, -0.05) is 29.8 Å². The molecule has 0 heterocycles. The molecule has 0 saturated carbocycles. The number of nitrogens with zero attached hydrogens (tertiary/aromatic N) is 1. The second kappa shape index (κ2) is 9.45. The number of carbonyl (C=O) groups is 1. The van der Waals surface area contributed by atoms with Crippen molar-refractivity contribution in [2.75, 3.05) is 37.4 Å². The Kier molecular flexibility index (Phi) is 7.28. The number of ether oxygens (including phenoxy) is 2. The molecule has 1 N–H and O–H groups in total.